The van der Waals surface area contributed by atoms with E-state index in [1.807, 2.05) is 0 Å². The van der Waals surface area contributed by atoms with Crippen LogP contribution in [0.5, 0.6) is 0 Å². The highest BCUT2D eigenvalue weighted by Gasteiger charge is 2.36. The second kappa shape index (κ2) is 5.93. The normalized spacial score (nSPS) is 26.5. The summed E-state index contributed by atoms with van der Waals surface area (Å²) in [5.74, 6) is 0. The van der Waals surface area contributed by atoms with E-state index in [-0.39, 0.29) is 0 Å². The summed E-state index contributed by atoms with van der Waals surface area (Å²) in [6, 6.07) is 9.41. The molecular weight excluding hydrogens is 236 g/mol. The van der Waals surface area contributed by atoms with Gasteiger partial charge in [-0.3, -0.25) is 0 Å². The number of benzene rings is 1. The lowest BCUT2D eigenvalue weighted by Gasteiger charge is -2.40. The molecule has 3 rings (SSSR count). The van der Waals surface area contributed by atoms with Crippen LogP contribution in [0.4, 0.5) is 5.69 Å². The minimum atomic E-state index is 0.459. The molecule has 1 aliphatic carbocycles. The SMILES string of the molecule is CCNCc1ccccc1N1CCOC2CCCC21. The van der Waals surface area contributed by atoms with Crippen molar-refractivity contribution in [3.8, 4) is 0 Å². The van der Waals surface area contributed by atoms with Gasteiger partial charge in [-0.05, 0) is 37.4 Å². The average molecular weight is 260 g/mol. The van der Waals surface area contributed by atoms with Gasteiger partial charge in [0.15, 0.2) is 0 Å². The third-order valence-electron chi connectivity index (χ3n) is 4.35. The average Bonchev–Trinajstić information content (AvgIpc) is 2.94. The molecule has 2 fully saturated rings. The smallest absolute Gasteiger partial charge is 0.0779 e. The standard InChI is InChI=1S/C16H24N2O/c1-2-17-12-13-6-3-4-7-14(13)18-10-11-19-16-9-5-8-15(16)18/h3-4,6-7,15-17H,2,5,8-12H2,1H3. The van der Waals surface area contributed by atoms with Gasteiger partial charge in [0.2, 0.25) is 0 Å². The van der Waals surface area contributed by atoms with Gasteiger partial charge >= 0.3 is 0 Å². The van der Waals surface area contributed by atoms with Gasteiger partial charge < -0.3 is 15.0 Å². The molecule has 1 aliphatic heterocycles. The monoisotopic (exact) mass is 260 g/mol. The first-order valence-electron chi connectivity index (χ1n) is 7.57. The first kappa shape index (κ1) is 12.9. The minimum Gasteiger partial charge on any atom is -0.374 e. The quantitative estimate of drug-likeness (QED) is 0.900. The summed E-state index contributed by atoms with van der Waals surface area (Å²) in [6.07, 6.45) is 4.28. The zero-order valence-corrected chi connectivity index (χ0v) is 11.8. The van der Waals surface area contributed by atoms with Crippen LogP contribution >= 0.6 is 0 Å². The number of hydrogen-bond acceptors (Lipinski definition) is 3. The summed E-state index contributed by atoms with van der Waals surface area (Å²) in [5.41, 5.74) is 2.82. The number of hydrogen-bond donors (Lipinski definition) is 1. The van der Waals surface area contributed by atoms with Crippen LogP contribution in [0.2, 0.25) is 0 Å². The third-order valence-corrected chi connectivity index (χ3v) is 4.35. The number of anilines is 1. The van der Waals surface area contributed by atoms with E-state index in [0.717, 1.165) is 26.2 Å². The molecule has 0 amide bonds. The summed E-state index contributed by atoms with van der Waals surface area (Å²) in [4.78, 5) is 2.59. The van der Waals surface area contributed by atoms with E-state index < -0.39 is 0 Å². The lowest BCUT2D eigenvalue weighted by atomic mass is 10.1. The van der Waals surface area contributed by atoms with Crippen molar-refractivity contribution in [1.29, 1.82) is 0 Å². The van der Waals surface area contributed by atoms with Gasteiger partial charge in [-0.25, -0.2) is 0 Å². The lowest BCUT2D eigenvalue weighted by Crippen LogP contribution is -2.49. The van der Waals surface area contributed by atoms with Gasteiger partial charge in [-0.1, -0.05) is 25.1 Å². The fraction of sp³-hybridized carbons (Fsp3) is 0.625. The van der Waals surface area contributed by atoms with Crippen LogP contribution in [-0.2, 0) is 11.3 Å². The molecule has 2 atom stereocenters. The van der Waals surface area contributed by atoms with Crippen LogP contribution in [-0.4, -0.2) is 31.8 Å². The molecule has 1 aromatic carbocycles. The molecule has 19 heavy (non-hydrogen) atoms. The Hall–Kier alpha value is -1.06. The maximum atomic E-state index is 5.92. The molecule has 3 nitrogen and oxygen atoms in total. The number of fused-ring (bicyclic) bond motifs is 1. The molecule has 0 aromatic heterocycles. The maximum absolute atomic E-state index is 5.92. The molecule has 1 N–H and O–H groups in total. The van der Waals surface area contributed by atoms with E-state index in [4.69, 9.17) is 4.74 Å². The van der Waals surface area contributed by atoms with Crippen LogP contribution < -0.4 is 10.2 Å². The first-order valence-corrected chi connectivity index (χ1v) is 7.57. The summed E-state index contributed by atoms with van der Waals surface area (Å²) in [6.45, 7) is 6.04. The number of rotatable bonds is 4. The second-order valence-electron chi connectivity index (χ2n) is 5.51. The third kappa shape index (κ3) is 2.63. The van der Waals surface area contributed by atoms with Crippen molar-refractivity contribution in [1.82, 2.24) is 5.32 Å². The molecule has 2 unspecified atom stereocenters. The molecule has 1 saturated heterocycles. The van der Waals surface area contributed by atoms with Crippen molar-refractivity contribution in [2.24, 2.45) is 0 Å². The first-order chi connectivity index (χ1) is 9.40. The highest BCUT2D eigenvalue weighted by Crippen LogP contribution is 2.34. The van der Waals surface area contributed by atoms with E-state index in [9.17, 15) is 0 Å². The van der Waals surface area contributed by atoms with Gasteiger partial charge in [-0.15, -0.1) is 0 Å². The summed E-state index contributed by atoms with van der Waals surface area (Å²) in [7, 11) is 0. The molecule has 0 spiro atoms. The predicted octanol–water partition coefficient (Wildman–Crippen LogP) is 2.55. The fourth-order valence-corrected chi connectivity index (χ4v) is 3.42. The molecule has 3 heteroatoms. The molecule has 104 valence electrons. The van der Waals surface area contributed by atoms with Gasteiger partial charge in [0.25, 0.3) is 0 Å². The topological polar surface area (TPSA) is 24.5 Å². The lowest BCUT2D eigenvalue weighted by molar-refractivity contribution is 0.0256. The number of morpholine rings is 1. The maximum Gasteiger partial charge on any atom is 0.0779 e. The van der Waals surface area contributed by atoms with Crippen molar-refractivity contribution in [3.05, 3.63) is 29.8 Å². The molecular formula is C16H24N2O. The largest absolute Gasteiger partial charge is 0.374 e. The van der Waals surface area contributed by atoms with Crippen molar-refractivity contribution in [3.63, 3.8) is 0 Å². The van der Waals surface area contributed by atoms with E-state index >= 15 is 0 Å². The zero-order valence-electron chi connectivity index (χ0n) is 11.8. The molecule has 0 radical (unpaired) electrons. The number of nitrogens with one attached hydrogen (secondary N) is 1. The minimum absolute atomic E-state index is 0.459. The van der Waals surface area contributed by atoms with E-state index in [1.165, 1.54) is 30.5 Å². The van der Waals surface area contributed by atoms with Crippen molar-refractivity contribution in [2.45, 2.75) is 44.9 Å². The number of para-hydroxylation sites is 1. The van der Waals surface area contributed by atoms with Crippen molar-refractivity contribution >= 4 is 5.69 Å². The van der Waals surface area contributed by atoms with E-state index in [0.29, 0.717) is 12.1 Å². The zero-order chi connectivity index (χ0) is 13.1. The van der Waals surface area contributed by atoms with Crippen molar-refractivity contribution in [2.75, 3.05) is 24.6 Å². The number of nitrogens with zero attached hydrogens (tertiary/aromatic N) is 1. The van der Waals surface area contributed by atoms with Crippen LogP contribution in [0, 0.1) is 0 Å². The summed E-state index contributed by atoms with van der Waals surface area (Å²) >= 11 is 0. The Morgan fingerprint density at radius 3 is 3.11 bits per heavy atom. The fourth-order valence-electron chi connectivity index (χ4n) is 3.42. The molecule has 1 heterocycles. The molecule has 1 saturated carbocycles. The Kier molecular flexibility index (Phi) is 4.04. The van der Waals surface area contributed by atoms with Crippen LogP contribution in [0.25, 0.3) is 0 Å². The Morgan fingerprint density at radius 1 is 1.32 bits per heavy atom. The van der Waals surface area contributed by atoms with Gasteiger partial charge in [0.05, 0.1) is 18.8 Å². The van der Waals surface area contributed by atoms with Crippen LogP contribution in [0.15, 0.2) is 24.3 Å². The van der Waals surface area contributed by atoms with Crippen molar-refractivity contribution < 1.29 is 4.74 Å². The van der Waals surface area contributed by atoms with Crippen LogP contribution in [0.3, 0.4) is 0 Å². The number of ether oxygens (including phenoxy) is 1. The molecule has 1 aromatic rings. The van der Waals surface area contributed by atoms with E-state index in [2.05, 4.69) is 41.4 Å². The van der Waals surface area contributed by atoms with Gasteiger partial charge in [-0.2, -0.15) is 0 Å². The van der Waals surface area contributed by atoms with Gasteiger partial charge in [0, 0.05) is 18.8 Å². The Balaban J connectivity index is 1.83. The Bertz CT molecular complexity index is 421. The Morgan fingerprint density at radius 2 is 2.21 bits per heavy atom. The summed E-state index contributed by atoms with van der Waals surface area (Å²) in [5, 5.41) is 3.45. The highest BCUT2D eigenvalue weighted by molar-refractivity contribution is 5.55. The predicted molar refractivity (Wildman–Crippen MR) is 78.5 cm³/mol. The Labute approximate surface area is 115 Å². The molecule has 2 aliphatic rings. The summed E-state index contributed by atoms with van der Waals surface area (Å²) < 4.78 is 5.92. The highest BCUT2D eigenvalue weighted by atomic mass is 16.5. The van der Waals surface area contributed by atoms with Gasteiger partial charge in [0.1, 0.15) is 0 Å². The molecule has 0 bridgehead atoms. The van der Waals surface area contributed by atoms with E-state index in [1.54, 1.807) is 0 Å². The second-order valence-corrected chi connectivity index (χ2v) is 5.51. The van der Waals surface area contributed by atoms with Crippen LogP contribution in [0.1, 0.15) is 31.7 Å².